The Morgan fingerprint density at radius 1 is 0.941 bits per heavy atom. The Balaban J connectivity index is 1.38. The molecule has 1 aliphatic rings. The number of allylic oxidation sites excluding steroid dienone is 1. The fraction of sp³-hybridized carbons (Fsp3) is 0.0741. The van der Waals surface area contributed by atoms with Crippen LogP contribution in [-0.2, 0) is 4.74 Å². The Hall–Kier alpha value is -4.65. The van der Waals surface area contributed by atoms with Crippen molar-refractivity contribution in [3.8, 4) is 11.5 Å². The molecule has 1 aromatic heterocycles. The zero-order chi connectivity index (χ0) is 23.8. The number of hydrogen-bond donors (Lipinski definition) is 0. The summed E-state index contributed by atoms with van der Waals surface area (Å²) in [5.41, 5.74) is 2.55. The molecule has 0 aliphatic carbocycles. The molecular weight excluding hydrogens is 436 g/mol. The molecule has 5 rings (SSSR count). The van der Waals surface area contributed by atoms with Crippen LogP contribution in [0.25, 0.3) is 17.0 Å². The van der Waals surface area contributed by atoms with Crippen molar-refractivity contribution in [3.63, 3.8) is 0 Å². The second-order valence-corrected chi connectivity index (χ2v) is 7.66. The number of methoxy groups -OCH3 is 1. The molecule has 0 saturated heterocycles. The summed E-state index contributed by atoms with van der Waals surface area (Å²) in [5, 5.41) is 0.795. The van der Waals surface area contributed by atoms with E-state index in [1.54, 1.807) is 61.5 Å². The first-order valence-electron chi connectivity index (χ1n) is 10.4. The maximum atomic E-state index is 12.8. The topological polar surface area (TPSA) is 92.0 Å². The Labute approximate surface area is 194 Å². The van der Waals surface area contributed by atoms with Gasteiger partial charge >= 0.3 is 11.9 Å². The molecule has 2 heterocycles. The number of carbonyl (C=O) groups is 3. The number of benzene rings is 3. The Morgan fingerprint density at radius 3 is 2.44 bits per heavy atom. The monoisotopic (exact) mass is 454 g/mol. The summed E-state index contributed by atoms with van der Waals surface area (Å²) in [5.74, 6) is -0.577. The van der Waals surface area contributed by atoms with Crippen LogP contribution in [0, 0.1) is 6.92 Å². The first kappa shape index (κ1) is 21.2. The second kappa shape index (κ2) is 8.37. The van der Waals surface area contributed by atoms with Gasteiger partial charge in [-0.15, -0.1) is 0 Å². The molecular formula is C27H18O7. The molecule has 7 heteroatoms. The number of furan rings is 1. The van der Waals surface area contributed by atoms with Crippen LogP contribution in [0.2, 0.25) is 0 Å². The lowest BCUT2D eigenvalue weighted by Crippen LogP contribution is -2.08. The number of hydrogen-bond acceptors (Lipinski definition) is 7. The standard InChI is InChI=1S/C27H18O7/c1-15-20(34-27(30)23-14-18-5-3-4-6-21(18)32-23)12-11-19-24(28)22(33-25(15)19)13-16-7-9-17(10-8-16)26(29)31-2/h3-14H,1-2H3/b22-13-. The lowest BCUT2D eigenvalue weighted by molar-refractivity contribution is 0.0600. The maximum Gasteiger partial charge on any atom is 0.379 e. The van der Waals surface area contributed by atoms with Crippen molar-refractivity contribution in [1.29, 1.82) is 0 Å². The van der Waals surface area contributed by atoms with Crippen molar-refractivity contribution < 1.29 is 33.0 Å². The van der Waals surface area contributed by atoms with Crippen molar-refractivity contribution >= 4 is 34.8 Å². The first-order chi connectivity index (χ1) is 16.4. The third-order valence-electron chi connectivity index (χ3n) is 5.50. The minimum Gasteiger partial charge on any atom is -0.465 e. The number of carbonyl (C=O) groups excluding carboxylic acids is 3. The molecule has 0 spiro atoms. The van der Waals surface area contributed by atoms with Crippen LogP contribution in [0.15, 0.2) is 76.9 Å². The van der Waals surface area contributed by atoms with E-state index >= 15 is 0 Å². The van der Waals surface area contributed by atoms with E-state index < -0.39 is 11.9 Å². The van der Waals surface area contributed by atoms with E-state index in [1.165, 1.54) is 7.11 Å². The highest BCUT2D eigenvalue weighted by molar-refractivity contribution is 6.15. The molecule has 7 nitrogen and oxygen atoms in total. The Bertz CT molecular complexity index is 1460. The highest BCUT2D eigenvalue weighted by atomic mass is 16.6. The number of Topliss-reactive ketones (excluding diaryl/α,β-unsaturated/α-hetero) is 1. The van der Waals surface area contributed by atoms with Crippen LogP contribution < -0.4 is 9.47 Å². The minimum absolute atomic E-state index is 0.0779. The van der Waals surface area contributed by atoms with Gasteiger partial charge in [-0.25, -0.2) is 9.59 Å². The summed E-state index contributed by atoms with van der Waals surface area (Å²) in [6, 6.07) is 18.6. The predicted molar refractivity (Wildman–Crippen MR) is 123 cm³/mol. The molecule has 4 aromatic rings. The van der Waals surface area contributed by atoms with Crippen molar-refractivity contribution in [3.05, 3.63) is 101 Å². The predicted octanol–water partition coefficient (Wildman–Crippen LogP) is 5.36. The average molecular weight is 454 g/mol. The van der Waals surface area contributed by atoms with Gasteiger partial charge in [-0.1, -0.05) is 30.3 Å². The van der Waals surface area contributed by atoms with Gasteiger partial charge < -0.3 is 18.6 Å². The van der Waals surface area contributed by atoms with Crippen LogP contribution in [0.5, 0.6) is 11.5 Å². The second-order valence-electron chi connectivity index (χ2n) is 7.66. The minimum atomic E-state index is -0.648. The lowest BCUT2D eigenvalue weighted by atomic mass is 10.1. The Morgan fingerprint density at radius 2 is 1.71 bits per heavy atom. The fourth-order valence-corrected chi connectivity index (χ4v) is 3.70. The molecule has 1 aliphatic heterocycles. The van der Waals surface area contributed by atoms with Crippen molar-refractivity contribution in [2.75, 3.05) is 7.11 Å². The number of ketones is 1. The van der Waals surface area contributed by atoms with E-state index in [1.807, 2.05) is 18.2 Å². The number of fused-ring (bicyclic) bond motifs is 2. The smallest absolute Gasteiger partial charge is 0.379 e. The van der Waals surface area contributed by atoms with Gasteiger partial charge in [0.15, 0.2) is 5.76 Å². The zero-order valence-electron chi connectivity index (χ0n) is 18.3. The van der Waals surface area contributed by atoms with E-state index in [0.29, 0.717) is 33.6 Å². The number of para-hydroxylation sites is 1. The summed E-state index contributed by atoms with van der Waals surface area (Å²) >= 11 is 0. The van der Waals surface area contributed by atoms with Gasteiger partial charge in [-0.3, -0.25) is 4.79 Å². The maximum absolute atomic E-state index is 12.8. The van der Waals surface area contributed by atoms with Crippen LogP contribution in [0.4, 0.5) is 0 Å². The highest BCUT2D eigenvalue weighted by Crippen LogP contribution is 2.39. The summed E-state index contributed by atoms with van der Waals surface area (Å²) in [6.45, 7) is 1.71. The molecule has 0 bridgehead atoms. The van der Waals surface area contributed by atoms with Crippen molar-refractivity contribution in [2.45, 2.75) is 6.92 Å². The van der Waals surface area contributed by atoms with E-state index in [-0.39, 0.29) is 23.1 Å². The van der Waals surface area contributed by atoms with Gasteiger partial charge in [0.25, 0.3) is 0 Å². The quantitative estimate of drug-likeness (QED) is 0.233. The number of esters is 2. The van der Waals surface area contributed by atoms with Crippen LogP contribution >= 0.6 is 0 Å². The number of ether oxygens (including phenoxy) is 3. The summed E-state index contributed by atoms with van der Waals surface area (Å²) in [4.78, 5) is 37.1. The average Bonchev–Trinajstić information content (AvgIpc) is 3.43. The van der Waals surface area contributed by atoms with Gasteiger partial charge in [0.05, 0.1) is 18.2 Å². The fourth-order valence-electron chi connectivity index (χ4n) is 3.70. The van der Waals surface area contributed by atoms with Gasteiger partial charge in [-0.05, 0) is 55.0 Å². The van der Waals surface area contributed by atoms with Crippen LogP contribution in [-0.4, -0.2) is 24.8 Å². The molecule has 0 N–H and O–H groups in total. The highest BCUT2D eigenvalue weighted by Gasteiger charge is 2.31. The van der Waals surface area contributed by atoms with E-state index in [2.05, 4.69) is 4.74 Å². The molecule has 0 atom stereocenters. The summed E-state index contributed by atoms with van der Waals surface area (Å²) in [6.07, 6.45) is 1.59. The largest absolute Gasteiger partial charge is 0.465 e. The van der Waals surface area contributed by atoms with Gasteiger partial charge in [0.2, 0.25) is 11.5 Å². The molecule has 0 fully saturated rings. The normalized spacial score (nSPS) is 13.6. The van der Waals surface area contributed by atoms with E-state index in [4.69, 9.17) is 13.9 Å². The third-order valence-corrected chi connectivity index (χ3v) is 5.50. The first-order valence-corrected chi connectivity index (χ1v) is 10.4. The van der Waals surface area contributed by atoms with Gasteiger partial charge in [0.1, 0.15) is 17.1 Å². The molecule has 0 saturated carbocycles. The van der Waals surface area contributed by atoms with Crippen LogP contribution in [0.3, 0.4) is 0 Å². The molecule has 0 unspecified atom stereocenters. The molecule has 0 amide bonds. The molecule has 3 aromatic carbocycles. The van der Waals surface area contributed by atoms with Crippen molar-refractivity contribution in [2.24, 2.45) is 0 Å². The lowest BCUT2D eigenvalue weighted by Gasteiger charge is -2.09. The van der Waals surface area contributed by atoms with E-state index in [9.17, 15) is 14.4 Å². The van der Waals surface area contributed by atoms with Crippen LogP contribution in [0.1, 0.15) is 42.4 Å². The van der Waals surface area contributed by atoms with Gasteiger partial charge in [0, 0.05) is 10.9 Å². The van der Waals surface area contributed by atoms with Gasteiger partial charge in [-0.2, -0.15) is 0 Å². The van der Waals surface area contributed by atoms with E-state index in [0.717, 1.165) is 5.39 Å². The third kappa shape index (κ3) is 3.73. The SMILES string of the molecule is COC(=O)c1ccc(/C=C2\Oc3c(ccc(OC(=O)c4cc5ccccc5o4)c3C)C2=O)cc1. The Kier molecular flexibility index (Phi) is 5.22. The summed E-state index contributed by atoms with van der Waals surface area (Å²) < 4.78 is 21.6. The molecule has 34 heavy (non-hydrogen) atoms. The molecule has 168 valence electrons. The summed E-state index contributed by atoms with van der Waals surface area (Å²) in [7, 11) is 1.31. The molecule has 0 radical (unpaired) electrons. The van der Waals surface area contributed by atoms with Crippen molar-refractivity contribution in [1.82, 2.24) is 0 Å². The zero-order valence-corrected chi connectivity index (χ0v) is 18.3. The number of rotatable bonds is 4.